The van der Waals surface area contributed by atoms with Gasteiger partial charge < -0.3 is 9.30 Å². The number of aromatic nitrogens is 1. The Morgan fingerprint density at radius 1 is 1.32 bits per heavy atom. The summed E-state index contributed by atoms with van der Waals surface area (Å²) in [5.41, 5.74) is 0.661. The number of rotatable bonds is 4. The Balaban J connectivity index is 2.05. The molecule has 25 heavy (non-hydrogen) atoms. The number of benzene rings is 1. The zero-order valence-corrected chi connectivity index (χ0v) is 15.5. The molecule has 0 spiro atoms. The van der Waals surface area contributed by atoms with E-state index >= 15 is 0 Å². The lowest BCUT2D eigenvalue weighted by molar-refractivity contribution is -0.141. The summed E-state index contributed by atoms with van der Waals surface area (Å²) in [6.45, 7) is -0.0685. The van der Waals surface area contributed by atoms with E-state index < -0.39 is 11.9 Å². The van der Waals surface area contributed by atoms with Gasteiger partial charge in [-0.15, -0.1) is 11.3 Å². The maximum Gasteiger partial charge on any atom is 0.325 e. The van der Waals surface area contributed by atoms with Gasteiger partial charge in [-0.25, -0.2) is 0 Å². The minimum Gasteiger partial charge on any atom is -0.468 e. The number of hydrogen-bond acceptors (Lipinski definition) is 5. The van der Waals surface area contributed by atoms with Crippen LogP contribution in [0.25, 0.3) is 16.3 Å². The number of thiazole rings is 1. The highest BCUT2D eigenvalue weighted by Crippen LogP contribution is 2.25. The summed E-state index contributed by atoms with van der Waals surface area (Å²) in [4.78, 5) is 29.4. The van der Waals surface area contributed by atoms with Crippen molar-refractivity contribution in [1.29, 1.82) is 0 Å². The number of carbonyl (C=O) groups excluding carboxylic acids is 2. The molecule has 128 valence electrons. The van der Waals surface area contributed by atoms with Gasteiger partial charge in [-0.3, -0.25) is 9.59 Å². The summed E-state index contributed by atoms with van der Waals surface area (Å²) < 4.78 is 7.17. The lowest BCUT2D eigenvalue weighted by Gasteiger charge is -2.04. The van der Waals surface area contributed by atoms with Crippen molar-refractivity contribution in [2.24, 2.45) is 4.99 Å². The number of thiophene rings is 1. The molecule has 3 rings (SSSR count). The molecule has 0 saturated carbocycles. The average Bonchev–Trinajstić information content (AvgIpc) is 3.22. The van der Waals surface area contributed by atoms with Crippen LogP contribution in [0.1, 0.15) is 4.88 Å². The number of hydrogen-bond donors (Lipinski definition) is 0. The Labute approximate surface area is 156 Å². The summed E-state index contributed by atoms with van der Waals surface area (Å²) >= 11 is 9.09. The molecule has 0 unspecified atom stereocenters. The molecular formula is C17H13ClN2O3S2. The third kappa shape index (κ3) is 4.07. The standard InChI is InChI=1S/C17H13ClN2O3S2/c1-23-15(22)10-20-16-12(18)5-2-6-13(16)25-17(20)19-14(21)8-7-11-4-3-9-24-11/h2-9H,10H2,1H3/b8-7+,19-17?. The van der Waals surface area contributed by atoms with Gasteiger partial charge in [0.25, 0.3) is 5.91 Å². The largest absolute Gasteiger partial charge is 0.468 e. The number of carbonyl (C=O) groups is 2. The molecule has 0 atom stereocenters. The van der Waals surface area contributed by atoms with Crippen molar-refractivity contribution >= 4 is 62.4 Å². The number of para-hydroxylation sites is 1. The predicted octanol–water partition coefficient (Wildman–Crippen LogP) is 3.73. The SMILES string of the molecule is COC(=O)Cn1c(=NC(=O)/C=C/c2cccs2)sc2cccc(Cl)c21. The molecule has 0 bridgehead atoms. The highest BCUT2D eigenvalue weighted by Gasteiger charge is 2.13. The second-order valence-electron chi connectivity index (χ2n) is 4.93. The van der Waals surface area contributed by atoms with E-state index in [-0.39, 0.29) is 6.54 Å². The zero-order valence-electron chi connectivity index (χ0n) is 13.1. The number of ether oxygens (including phenoxy) is 1. The van der Waals surface area contributed by atoms with Crippen LogP contribution in [-0.2, 0) is 20.9 Å². The number of amides is 1. The van der Waals surface area contributed by atoms with Gasteiger partial charge in [0.05, 0.1) is 22.3 Å². The molecule has 3 aromatic rings. The van der Waals surface area contributed by atoms with Gasteiger partial charge in [0, 0.05) is 11.0 Å². The Hall–Kier alpha value is -2.22. The van der Waals surface area contributed by atoms with Gasteiger partial charge in [-0.1, -0.05) is 35.1 Å². The fourth-order valence-electron chi connectivity index (χ4n) is 2.18. The summed E-state index contributed by atoms with van der Waals surface area (Å²) in [6.07, 6.45) is 3.11. The molecule has 0 saturated heterocycles. The normalized spacial score (nSPS) is 12.2. The molecule has 1 aromatic carbocycles. The third-order valence-corrected chi connectivity index (χ3v) is 5.49. The second-order valence-corrected chi connectivity index (χ2v) is 7.33. The van der Waals surface area contributed by atoms with E-state index in [1.165, 1.54) is 35.9 Å². The number of esters is 1. The van der Waals surface area contributed by atoms with Crippen LogP contribution in [-0.4, -0.2) is 23.6 Å². The molecule has 0 aliphatic carbocycles. The lowest BCUT2D eigenvalue weighted by Crippen LogP contribution is -2.22. The Bertz CT molecular complexity index is 1020. The first-order valence-corrected chi connectivity index (χ1v) is 9.31. The van der Waals surface area contributed by atoms with E-state index in [0.29, 0.717) is 15.3 Å². The van der Waals surface area contributed by atoms with Crippen LogP contribution < -0.4 is 4.80 Å². The maximum atomic E-state index is 12.2. The van der Waals surface area contributed by atoms with Gasteiger partial charge >= 0.3 is 5.97 Å². The van der Waals surface area contributed by atoms with E-state index in [1.807, 2.05) is 29.6 Å². The molecule has 0 aliphatic rings. The first kappa shape index (κ1) is 17.6. The zero-order chi connectivity index (χ0) is 17.8. The third-order valence-electron chi connectivity index (χ3n) is 3.31. The van der Waals surface area contributed by atoms with E-state index in [2.05, 4.69) is 4.99 Å². The van der Waals surface area contributed by atoms with Gasteiger partial charge in [0.15, 0.2) is 4.80 Å². The van der Waals surface area contributed by atoms with Crippen molar-refractivity contribution in [3.05, 3.63) is 56.5 Å². The minimum atomic E-state index is -0.442. The Kier molecular flexibility index (Phi) is 5.47. The van der Waals surface area contributed by atoms with Crippen molar-refractivity contribution in [3.8, 4) is 0 Å². The van der Waals surface area contributed by atoms with Crippen LogP contribution in [0.3, 0.4) is 0 Å². The Morgan fingerprint density at radius 3 is 2.88 bits per heavy atom. The summed E-state index contributed by atoms with van der Waals surface area (Å²) in [5, 5.41) is 2.42. The lowest BCUT2D eigenvalue weighted by atomic mass is 10.3. The number of nitrogens with zero attached hydrogens (tertiary/aromatic N) is 2. The molecule has 5 nitrogen and oxygen atoms in total. The maximum absolute atomic E-state index is 12.2. The molecule has 8 heteroatoms. The number of fused-ring (bicyclic) bond motifs is 1. The smallest absolute Gasteiger partial charge is 0.325 e. The molecular weight excluding hydrogens is 380 g/mol. The highest BCUT2D eigenvalue weighted by molar-refractivity contribution is 7.16. The fraction of sp³-hybridized carbons (Fsp3) is 0.118. The van der Waals surface area contributed by atoms with Crippen molar-refractivity contribution in [3.63, 3.8) is 0 Å². The van der Waals surface area contributed by atoms with Crippen LogP contribution in [0.15, 0.2) is 46.8 Å². The fourth-order valence-corrected chi connectivity index (χ4v) is 4.20. The van der Waals surface area contributed by atoms with Crippen molar-refractivity contribution in [2.75, 3.05) is 7.11 Å². The highest BCUT2D eigenvalue weighted by atomic mass is 35.5. The van der Waals surface area contributed by atoms with Gasteiger partial charge in [-0.05, 0) is 29.7 Å². The molecule has 2 heterocycles. The number of halogens is 1. The van der Waals surface area contributed by atoms with E-state index in [4.69, 9.17) is 16.3 Å². The van der Waals surface area contributed by atoms with Gasteiger partial charge in [0.1, 0.15) is 6.54 Å². The van der Waals surface area contributed by atoms with Crippen molar-refractivity contribution in [2.45, 2.75) is 6.54 Å². The van der Waals surface area contributed by atoms with Crippen LogP contribution >= 0.6 is 34.3 Å². The molecule has 2 aromatic heterocycles. The van der Waals surface area contributed by atoms with Crippen LogP contribution in [0.5, 0.6) is 0 Å². The number of methoxy groups -OCH3 is 1. The first-order chi connectivity index (χ1) is 12.1. The van der Waals surface area contributed by atoms with Gasteiger partial charge in [0.2, 0.25) is 0 Å². The average molecular weight is 393 g/mol. The van der Waals surface area contributed by atoms with Gasteiger partial charge in [-0.2, -0.15) is 4.99 Å². The predicted molar refractivity (Wildman–Crippen MR) is 101 cm³/mol. The molecule has 1 amide bonds. The van der Waals surface area contributed by atoms with Crippen LogP contribution in [0.2, 0.25) is 5.02 Å². The second kappa shape index (κ2) is 7.77. The monoisotopic (exact) mass is 392 g/mol. The Morgan fingerprint density at radius 2 is 2.16 bits per heavy atom. The summed E-state index contributed by atoms with van der Waals surface area (Å²) in [5.74, 6) is -0.850. The quantitative estimate of drug-likeness (QED) is 0.502. The summed E-state index contributed by atoms with van der Waals surface area (Å²) in [6, 6.07) is 9.22. The molecule has 0 radical (unpaired) electrons. The molecule has 0 fully saturated rings. The van der Waals surface area contributed by atoms with E-state index in [1.54, 1.807) is 16.7 Å². The summed E-state index contributed by atoms with van der Waals surface area (Å²) in [7, 11) is 1.31. The van der Waals surface area contributed by atoms with Crippen LogP contribution in [0, 0.1) is 0 Å². The van der Waals surface area contributed by atoms with E-state index in [9.17, 15) is 9.59 Å². The topological polar surface area (TPSA) is 60.7 Å². The van der Waals surface area contributed by atoms with E-state index in [0.717, 1.165) is 9.58 Å². The van der Waals surface area contributed by atoms with Crippen molar-refractivity contribution in [1.82, 2.24) is 4.57 Å². The minimum absolute atomic E-state index is 0.0685. The first-order valence-electron chi connectivity index (χ1n) is 7.23. The van der Waals surface area contributed by atoms with Crippen molar-refractivity contribution < 1.29 is 14.3 Å². The molecule has 0 N–H and O–H groups in total. The van der Waals surface area contributed by atoms with Crippen LogP contribution in [0.4, 0.5) is 0 Å². The molecule has 0 aliphatic heterocycles.